The van der Waals surface area contributed by atoms with E-state index in [4.69, 9.17) is 0 Å². The van der Waals surface area contributed by atoms with Crippen LogP contribution >= 0.6 is 0 Å². The van der Waals surface area contributed by atoms with Gasteiger partial charge in [-0.2, -0.15) is 0 Å². The highest BCUT2D eigenvalue weighted by Crippen LogP contribution is 2.47. The van der Waals surface area contributed by atoms with Crippen molar-refractivity contribution < 1.29 is 0 Å². The predicted molar refractivity (Wildman–Crippen MR) is 266 cm³/mol. The molecule has 0 unspecified atom stereocenters. The third kappa shape index (κ3) is 6.13. The molecular formula is C60H41N3. The molecule has 12 rings (SSSR count). The van der Waals surface area contributed by atoms with Crippen molar-refractivity contribution in [3.8, 4) is 44.8 Å². The second-order valence-electron chi connectivity index (χ2n) is 16.1. The summed E-state index contributed by atoms with van der Waals surface area (Å²) < 4.78 is 4.81. The van der Waals surface area contributed by atoms with Crippen LogP contribution in [0.3, 0.4) is 0 Å². The number of benzene rings is 10. The molecule has 3 heteroatoms. The highest BCUT2D eigenvalue weighted by atomic mass is 15.2. The molecule has 3 nitrogen and oxygen atoms in total. The Hall–Kier alpha value is -8.40. The Kier molecular flexibility index (Phi) is 8.83. The van der Waals surface area contributed by atoms with Gasteiger partial charge in [-0.05, 0) is 94.5 Å². The average molecular weight is 804 g/mol. The fourth-order valence-electron chi connectivity index (χ4n) is 9.79. The molecule has 0 atom stereocenters. The predicted octanol–water partition coefficient (Wildman–Crippen LogP) is 16.4. The van der Waals surface area contributed by atoms with Gasteiger partial charge in [-0.15, -0.1) is 0 Å². The van der Waals surface area contributed by atoms with Gasteiger partial charge in [0, 0.05) is 49.9 Å². The van der Waals surface area contributed by atoms with Gasteiger partial charge in [0.15, 0.2) is 0 Å². The zero-order chi connectivity index (χ0) is 41.7. The molecule has 0 spiro atoms. The van der Waals surface area contributed by atoms with Crippen molar-refractivity contribution in [2.75, 3.05) is 4.90 Å². The molecule has 0 fully saturated rings. The number of nitrogens with zero attached hydrogens (tertiary/aromatic N) is 3. The van der Waals surface area contributed by atoms with Crippen molar-refractivity contribution in [2.45, 2.75) is 0 Å². The summed E-state index contributed by atoms with van der Waals surface area (Å²) in [6.45, 7) is 0. The topological polar surface area (TPSA) is 13.1 Å². The lowest BCUT2D eigenvalue weighted by Crippen LogP contribution is -2.12. The molecule has 0 aliphatic rings. The van der Waals surface area contributed by atoms with Crippen molar-refractivity contribution in [3.05, 3.63) is 249 Å². The molecule has 0 amide bonds. The van der Waals surface area contributed by atoms with Gasteiger partial charge in [-0.25, -0.2) is 0 Å². The normalized spacial score (nSPS) is 11.5. The van der Waals surface area contributed by atoms with Gasteiger partial charge < -0.3 is 14.0 Å². The van der Waals surface area contributed by atoms with Gasteiger partial charge >= 0.3 is 0 Å². The minimum atomic E-state index is 1.06. The summed E-state index contributed by atoms with van der Waals surface area (Å²) >= 11 is 0. The first-order valence-corrected chi connectivity index (χ1v) is 21.6. The van der Waals surface area contributed by atoms with E-state index in [1.165, 1.54) is 65.9 Å². The van der Waals surface area contributed by atoms with E-state index in [2.05, 4.69) is 263 Å². The first-order valence-electron chi connectivity index (χ1n) is 21.6. The molecule has 0 saturated carbocycles. The van der Waals surface area contributed by atoms with Crippen LogP contribution in [0.4, 0.5) is 17.1 Å². The average Bonchev–Trinajstić information content (AvgIpc) is 3.88. The zero-order valence-electron chi connectivity index (χ0n) is 34.5. The number of fused-ring (bicyclic) bond motifs is 6. The third-order valence-electron chi connectivity index (χ3n) is 12.5. The van der Waals surface area contributed by atoms with Gasteiger partial charge in [0.2, 0.25) is 0 Å². The maximum atomic E-state index is 2.46. The van der Waals surface area contributed by atoms with Crippen LogP contribution in [0.5, 0.6) is 0 Å². The molecule has 0 aliphatic carbocycles. The molecule has 2 aromatic heterocycles. The van der Waals surface area contributed by atoms with Gasteiger partial charge in [0.25, 0.3) is 0 Å². The van der Waals surface area contributed by atoms with Crippen molar-refractivity contribution in [1.82, 2.24) is 9.13 Å². The third-order valence-corrected chi connectivity index (χ3v) is 12.5. The van der Waals surface area contributed by atoms with E-state index in [0.717, 1.165) is 39.5 Å². The van der Waals surface area contributed by atoms with Crippen LogP contribution in [0.15, 0.2) is 249 Å². The standard InChI is InChI=1S/C60H41N3/c1-3-20-42(21-4-1)47-26-7-8-27-48(47)49-28-9-10-29-50(49)51-30-11-15-34-56(51)61(44-24-19-25-45(40-44)63-58-36-17-12-31-52(58)53-32-13-18-37-59(53)63)46-38-39-55-54-33-14-16-35-57(54)62(60(55)41-46)43-22-5-2-6-23-43/h1-41H. The summed E-state index contributed by atoms with van der Waals surface area (Å²) in [4.78, 5) is 2.46. The highest BCUT2D eigenvalue weighted by molar-refractivity contribution is 6.11. The lowest BCUT2D eigenvalue weighted by atomic mass is 9.88. The summed E-state index contributed by atoms with van der Waals surface area (Å²) in [5.41, 5.74) is 17.2. The van der Waals surface area contributed by atoms with Gasteiger partial charge in [0.1, 0.15) is 0 Å². The monoisotopic (exact) mass is 803 g/mol. The Labute approximate surface area is 366 Å². The number of anilines is 3. The van der Waals surface area contributed by atoms with Crippen molar-refractivity contribution in [3.63, 3.8) is 0 Å². The Morgan fingerprint density at radius 1 is 0.254 bits per heavy atom. The molecule has 63 heavy (non-hydrogen) atoms. The number of aromatic nitrogens is 2. The Morgan fingerprint density at radius 2 is 0.683 bits per heavy atom. The zero-order valence-corrected chi connectivity index (χ0v) is 34.5. The summed E-state index contributed by atoms with van der Waals surface area (Å²) in [6, 6.07) is 90.2. The molecule has 0 saturated heterocycles. The van der Waals surface area contributed by atoms with E-state index in [9.17, 15) is 0 Å². The minimum Gasteiger partial charge on any atom is -0.310 e. The van der Waals surface area contributed by atoms with Crippen molar-refractivity contribution >= 4 is 60.7 Å². The largest absolute Gasteiger partial charge is 0.310 e. The first-order chi connectivity index (χ1) is 31.3. The van der Waals surface area contributed by atoms with E-state index in [1.54, 1.807) is 0 Å². The number of rotatable bonds is 8. The first kappa shape index (κ1) is 36.5. The summed E-state index contributed by atoms with van der Waals surface area (Å²) in [6.07, 6.45) is 0. The van der Waals surface area contributed by atoms with E-state index in [0.29, 0.717) is 0 Å². The van der Waals surface area contributed by atoms with Crippen LogP contribution in [0.2, 0.25) is 0 Å². The Morgan fingerprint density at radius 3 is 1.32 bits per heavy atom. The number of hydrogen-bond donors (Lipinski definition) is 0. The summed E-state index contributed by atoms with van der Waals surface area (Å²) in [5, 5.41) is 4.93. The molecule has 0 N–H and O–H groups in total. The van der Waals surface area contributed by atoms with Crippen LogP contribution < -0.4 is 4.90 Å². The fourth-order valence-corrected chi connectivity index (χ4v) is 9.79. The van der Waals surface area contributed by atoms with Crippen LogP contribution in [-0.4, -0.2) is 9.13 Å². The number of para-hydroxylation sites is 5. The Balaban J connectivity index is 1.12. The van der Waals surface area contributed by atoms with Crippen molar-refractivity contribution in [1.29, 1.82) is 0 Å². The molecule has 0 bridgehead atoms. The second-order valence-corrected chi connectivity index (χ2v) is 16.1. The van der Waals surface area contributed by atoms with Gasteiger partial charge in [0.05, 0.1) is 27.8 Å². The minimum absolute atomic E-state index is 1.06. The molecule has 296 valence electrons. The Bertz CT molecular complexity index is 3580. The van der Waals surface area contributed by atoms with E-state index >= 15 is 0 Å². The van der Waals surface area contributed by atoms with E-state index in [1.807, 2.05) is 0 Å². The van der Waals surface area contributed by atoms with Crippen molar-refractivity contribution in [2.24, 2.45) is 0 Å². The lowest BCUT2D eigenvalue weighted by molar-refractivity contribution is 1.16. The molecule has 10 aromatic carbocycles. The second kappa shape index (κ2) is 15.3. The molecule has 0 aliphatic heterocycles. The highest BCUT2D eigenvalue weighted by Gasteiger charge is 2.23. The van der Waals surface area contributed by atoms with Crippen LogP contribution in [-0.2, 0) is 0 Å². The van der Waals surface area contributed by atoms with Gasteiger partial charge in [-0.1, -0.05) is 182 Å². The smallest absolute Gasteiger partial charge is 0.0561 e. The molecular weight excluding hydrogens is 763 g/mol. The van der Waals surface area contributed by atoms with Crippen LogP contribution in [0, 0.1) is 0 Å². The molecule has 0 radical (unpaired) electrons. The summed E-state index contributed by atoms with van der Waals surface area (Å²) in [7, 11) is 0. The summed E-state index contributed by atoms with van der Waals surface area (Å²) in [5.74, 6) is 0. The lowest BCUT2D eigenvalue weighted by Gasteiger charge is -2.29. The number of hydrogen-bond acceptors (Lipinski definition) is 1. The fraction of sp³-hybridized carbons (Fsp3) is 0. The van der Waals surface area contributed by atoms with E-state index < -0.39 is 0 Å². The van der Waals surface area contributed by atoms with Crippen LogP contribution in [0.1, 0.15) is 0 Å². The maximum Gasteiger partial charge on any atom is 0.0561 e. The van der Waals surface area contributed by atoms with E-state index in [-0.39, 0.29) is 0 Å². The maximum absolute atomic E-state index is 2.46. The van der Waals surface area contributed by atoms with Crippen LogP contribution in [0.25, 0.3) is 88.4 Å². The molecule has 12 aromatic rings. The SMILES string of the molecule is c1ccc(-c2ccccc2-c2ccccc2-c2ccccc2N(c2cccc(-n3c4ccccc4c4ccccc43)c2)c2ccc3c4ccccc4n(-c4ccccc4)c3c2)cc1. The quantitative estimate of drug-likeness (QED) is 0.149. The molecule has 2 heterocycles. The van der Waals surface area contributed by atoms with Gasteiger partial charge in [-0.3, -0.25) is 0 Å².